The van der Waals surface area contributed by atoms with Crippen LogP contribution in [0.2, 0.25) is 0 Å². The van der Waals surface area contributed by atoms with Gasteiger partial charge in [0.15, 0.2) is 0 Å². The summed E-state index contributed by atoms with van der Waals surface area (Å²) in [6, 6.07) is 46.7. The van der Waals surface area contributed by atoms with Gasteiger partial charge in [0.25, 0.3) is 0 Å². The number of nitrogens with zero attached hydrogens (tertiary/aromatic N) is 1. The average molecular weight is 646 g/mol. The second-order valence-electron chi connectivity index (χ2n) is 15.3. The lowest BCUT2D eigenvalue weighted by atomic mass is 9.78. The van der Waals surface area contributed by atoms with Crippen molar-refractivity contribution in [2.24, 2.45) is 0 Å². The number of hydrogen-bond acceptors (Lipinski definition) is 2. The highest BCUT2D eigenvalue weighted by Gasteiger charge is 2.40. The van der Waals surface area contributed by atoms with Crippen molar-refractivity contribution < 1.29 is 4.42 Å². The van der Waals surface area contributed by atoms with Crippen LogP contribution < -0.4 is 4.90 Å². The van der Waals surface area contributed by atoms with Gasteiger partial charge in [-0.3, -0.25) is 0 Å². The maximum absolute atomic E-state index is 6.75. The Labute approximate surface area is 294 Å². The first kappa shape index (κ1) is 29.3. The van der Waals surface area contributed by atoms with Crippen molar-refractivity contribution in [3.8, 4) is 22.3 Å². The Morgan fingerprint density at radius 1 is 0.560 bits per heavy atom. The minimum absolute atomic E-state index is 0.0715. The van der Waals surface area contributed by atoms with E-state index in [4.69, 9.17) is 4.42 Å². The third kappa shape index (κ3) is 4.08. The van der Waals surface area contributed by atoms with Crippen LogP contribution in [0, 0.1) is 0 Å². The molecule has 3 aliphatic rings. The van der Waals surface area contributed by atoms with Crippen molar-refractivity contribution in [2.45, 2.75) is 51.4 Å². The third-order valence-corrected chi connectivity index (χ3v) is 11.7. The molecule has 2 heteroatoms. The normalized spacial score (nSPS) is 16.4. The molecule has 0 aliphatic heterocycles. The summed E-state index contributed by atoms with van der Waals surface area (Å²) in [4.78, 5) is 2.39. The second kappa shape index (κ2) is 10.5. The highest BCUT2D eigenvalue weighted by molar-refractivity contribution is 6.11. The molecule has 1 aromatic heterocycles. The third-order valence-electron chi connectivity index (χ3n) is 11.7. The summed E-state index contributed by atoms with van der Waals surface area (Å²) in [5.41, 5.74) is 18.6. The smallest absolute Gasteiger partial charge is 0.137 e. The molecule has 10 rings (SSSR count). The Bertz CT molecular complexity index is 2580. The largest absolute Gasteiger partial charge is 0.456 e. The molecule has 0 N–H and O–H groups in total. The molecule has 3 aliphatic carbocycles. The molecular weight excluding hydrogens is 607 g/mol. The van der Waals surface area contributed by atoms with Gasteiger partial charge in [-0.05, 0) is 111 Å². The molecule has 1 heterocycles. The summed E-state index contributed by atoms with van der Waals surface area (Å²) < 4.78 is 6.75. The number of allylic oxidation sites excluding steroid dienone is 4. The molecule has 50 heavy (non-hydrogen) atoms. The molecule has 0 saturated heterocycles. The average Bonchev–Trinajstić information content (AvgIpc) is 3.71. The molecule has 0 atom stereocenters. The maximum Gasteiger partial charge on any atom is 0.137 e. The zero-order valence-electron chi connectivity index (χ0n) is 29.0. The predicted molar refractivity (Wildman–Crippen MR) is 210 cm³/mol. The lowest BCUT2D eigenvalue weighted by Crippen LogP contribution is -2.17. The van der Waals surface area contributed by atoms with Crippen molar-refractivity contribution >= 4 is 44.6 Å². The minimum Gasteiger partial charge on any atom is -0.456 e. The second-order valence-corrected chi connectivity index (χ2v) is 15.3. The number of fused-ring (bicyclic) bond motifs is 9. The number of rotatable bonds is 4. The first-order chi connectivity index (χ1) is 24.3. The van der Waals surface area contributed by atoms with Crippen LogP contribution in [0.1, 0.15) is 62.8 Å². The van der Waals surface area contributed by atoms with Crippen LogP contribution in [0.4, 0.5) is 17.1 Å². The molecule has 0 spiro atoms. The predicted octanol–water partition coefficient (Wildman–Crippen LogP) is 13.4. The molecule has 0 amide bonds. The topological polar surface area (TPSA) is 16.4 Å². The van der Waals surface area contributed by atoms with E-state index in [9.17, 15) is 0 Å². The first-order valence-corrected chi connectivity index (χ1v) is 17.9. The van der Waals surface area contributed by atoms with Gasteiger partial charge in [0.1, 0.15) is 11.2 Å². The fourth-order valence-corrected chi connectivity index (χ4v) is 9.27. The lowest BCUT2D eigenvalue weighted by molar-refractivity contribution is 0.651. The lowest BCUT2D eigenvalue weighted by Gasteiger charge is -2.28. The molecule has 7 aromatic rings. The highest BCUT2D eigenvalue weighted by atomic mass is 16.3. The van der Waals surface area contributed by atoms with Gasteiger partial charge in [0.05, 0.1) is 0 Å². The van der Waals surface area contributed by atoms with Crippen molar-refractivity contribution in [1.29, 1.82) is 0 Å². The Balaban J connectivity index is 1.14. The standard InChI is InChI=1S/C48H39NO/c1-47(2)40-16-10-8-14-35(40)37-24-22-33(28-42(37)47)49(32-20-18-31(19-21-32)30-12-6-5-7-13-30)34-23-25-39-44(29-34)50-43-27-26-38-36-15-9-11-17-41(36)48(3,4)46(38)45(39)43/h5-8,10-14,16-29H,9,15H2,1-4H3. The number of benzene rings is 6. The van der Waals surface area contributed by atoms with Crippen LogP contribution in [-0.4, -0.2) is 0 Å². The van der Waals surface area contributed by atoms with E-state index < -0.39 is 0 Å². The van der Waals surface area contributed by atoms with Crippen LogP contribution in [-0.2, 0) is 10.8 Å². The van der Waals surface area contributed by atoms with E-state index in [0.29, 0.717) is 0 Å². The summed E-state index contributed by atoms with van der Waals surface area (Å²) in [6.07, 6.45) is 6.91. The Morgan fingerprint density at radius 3 is 2.08 bits per heavy atom. The number of hydrogen-bond donors (Lipinski definition) is 0. The summed E-state index contributed by atoms with van der Waals surface area (Å²) in [7, 11) is 0. The van der Waals surface area contributed by atoms with Crippen molar-refractivity contribution in [1.82, 2.24) is 0 Å². The van der Waals surface area contributed by atoms with Gasteiger partial charge in [-0.2, -0.15) is 0 Å². The van der Waals surface area contributed by atoms with Gasteiger partial charge >= 0.3 is 0 Å². The highest BCUT2D eigenvalue weighted by Crippen LogP contribution is 2.54. The molecule has 2 nitrogen and oxygen atoms in total. The molecular formula is C48H39NO. The molecule has 0 bridgehead atoms. The van der Waals surface area contributed by atoms with Gasteiger partial charge in [-0.1, -0.05) is 119 Å². The van der Waals surface area contributed by atoms with Crippen LogP contribution in [0.3, 0.4) is 0 Å². The zero-order chi connectivity index (χ0) is 33.8. The summed E-state index contributed by atoms with van der Waals surface area (Å²) in [6.45, 7) is 9.46. The molecule has 0 unspecified atom stereocenters. The number of furan rings is 1. The van der Waals surface area contributed by atoms with Gasteiger partial charge < -0.3 is 9.32 Å². The maximum atomic E-state index is 6.75. The molecule has 242 valence electrons. The van der Waals surface area contributed by atoms with Crippen LogP contribution in [0.5, 0.6) is 0 Å². The van der Waals surface area contributed by atoms with Crippen molar-refractivity contribution in [3.05, 3.63) is 167 Å². The number of anilines is 3. The fourth-order valence-electron chi connectivity index (χ4n) is 9.27. The van der Waals surface area contributed by atoms with E-state index >= 15 is 0 Å². The first-order valence-electron chi connectivity index (χ1n) is 17.9. The minimum atomic E-state index is -0.0942. The van der Waals surface area contributed by atoms with Crippen LogP contribution >= 0.6 is 0 Å². The SMILES string of the molecule is CC1(C)C2=C(CCC=C2)c2ccc3oc4cc(N(c5ccc(-c6ccccc6)cc5)c5ccc6c(c5)C(C)(C)c5ccccc5-6)ccc4c3c21. The molecule has 0 fully saturated rings. The summed E-state index contributed by atoms with van der Waals surface area (Å²) in [5, 5.41) is 2.44. The van der Waals surface area contributed by atoms with E-state index in [1.807, 2.05) is 0 Å². The van der Waals surface area contributed by atoms with Gasteiger partial charge in [0.2, 0.25) is 0 Å². The molecule has 0 saturated carbocycles. The van der Waals surface area contributed by atoms with Crippen LogP contribution in [0.25, 0.3) is 49.8 Å². The Hall–Kier alpha value is -5.60. The monoisotopic (exact) mass is 645 g/mol. The fraction of sp³-hybridized carbons (Fsp3) is 0.167. The van der Waals surface area contributed by atoms with E-state index in [1.54, 1.807) is 0 Å². The van der Waals surface area contributed by atoms with Crippen LogP contribution in [0.15, 0.2) is 150 Å². The van der Waals surface area contributed by atoms with Gasteiger partial charge in [0, 0.05) is 44.7 Å². The quantitative estimate of drug-likeness (QED) is 0.189. The van der Waals surface area contributed by atoms with E-state index in [2.05, 4.69) is 172 Å². The van der Waals surface area contributed by atoms with Gasteiger partial charge in [-0.25, -0.2) is 0 Å². The summed E-state index contributed by atoms with van der Waals surface area (Å²) in [5.74, 6) is 0. The van der Waals surface area contributed by atoms with Crippen molar-refractivity contribution in [2.75, 3.05) is 4.90 Å². The summed E-state index contributed by atoms with van der Waals surface area (Å²) >= 11 is 0. The zero-order valence-corrected chi connectivity index (χ0v) is 29.0. The molecule has 0 radical (unpaired) electrons. The Kier molecular flexibility index (Phi) is 6.13. The van der Waals surface area contributed by atoms with Crippen molar-refractivity contribution in [3.63, 3.8) is 0 Å². The van der Waals surface area contributed by atoms with E-state index in [1.165, 1.54) is 66.4 Å². The molecule has 6 aromatic carbocycles. The van der Waals surface area contributed by atoms with E-state index in [-0.39, 0.29) is 10.8 Å². The van der Waals surface area contributed by atoms with E-state index in [0.717, 1.165) is 41.1 Å². The van der Waals surface area contributed by atoms with Gasteiger partial charge in [-0.15, -0.1) is 0 Å². The Morgan fingerprint density at radius 2 is 1.24 bits per heavy atom.